The fourth-order valence-corrected chi connectivity index (χ4v) is 2.16. The Labute approximate surface area is 135 Å². The molecule has 1 aromatic heterocycles. The highest BCUT2D eigenvalue weighted by atomic mass is 79.9. The van der Waals surface area contributed by atoms with Crippen molar-refractivity contribution in [3.63, 3.8) is 0 Å². The average Bonchev–Trinajstić information content (AvgIpc) is 2.85. The summed E-state index contributed by atoms with van der Waals surface area (Å²) in [6.07, 6.45) is 2.08. The molecule has 0 aliphatic carbocycles. The molecule has 0 aliphatic rings. The number of hydrogen-bond donors (Lipinski definition) is 1. The highest BCUT2D eigenvalue weighted by molar-refractivity contribution is 9.10. The van der Waals surface area contributed by atoms with Crippen molar-refractivity contribution in [1.82, 2.24) is 5.32 Å². The third kappa shape index (κ3) is 5.18. The maximum Gasteiger partial charge on any atom is 0.134 e. The molecular formula is C18H22BrNO. The summed E-state index contributed by atoms with van der Waals surface area (Å²) < 4.78 is 6.96. The number of hydrogen-bond acceptors (Lipinski definition) is 2. The van der Waals surface area contributed by atoms with Crippen molar-refractivity contribution in [1.29, 1.82) is 0 Å². The van der Waals surface area contributed by atoms with Crippen LogP contribution in [-0.4, -0.2) is 12.1 Å². The Morgan fingerprint density at radius 2 is 1.81 bits per heavy atom. The van der Waals surface area contributed by atoms with E-state index in [9.17, 15) is 0 Å². The van der Waals surface area contributed by atoms with Crippen LogP contribution in [-0.2, 0) is 0 Å². The molecule has 0 amide bonds. The van der Waals surface area contributed by atoms with Gasteiger partial charge in [0.25, 0.3) is 0 Å². The Hall–Kier alpha value is -1.32. The molecule has 0 fully saturated rings. The van der Waals surface area contributed by atoms with Gasteiger partial charge in [-0.25, -0.2) is 0 Å². The first-order chi connectivity index (χ1) is 9.83. The molecule has 0 bridgehead atoms. The van der Waals surface area contributed by atoms with Crippen LogP contribution in [0.4, 0.5) is 0 Å². The van der Waals surface area contributed by atoms with E-state index in [0.717, 1.165) is 28.1 Å². The molecule has 2 rings (SSSR count). The summed E-state index contributed by atoms with van der Waals surface area (Å²) in [5, 5.41) is 3.47. The molecule has 0 unspecified atom stereocenters. The first kappa shape index (κ1) is 16.1. The molecule has 1 heterocycles. The first-order valence-corrected chi connectivity index (χ1v) is 7.91. The summed E-state index contributed by atoms with van der Waals surface area (Å²) in [4.78, 5) is 0. The van der Waals surface area contributed by atoms with Crippen LogP contribution in [0.3, 0.4) is 0 Å². The van der Waals surface area contributed by atoms with E-state index in [-0.39, 0.29) is 5.54 Å². The van der Waals surface area contributed by atoms with Crippen molar-refractivity contribution in [3.8, 4) is 11.3 Å². The molecule has 0 radical (unpaired) electrons. The standard InChI is InChI=1S/C18H22BrNO/c1-13(12-20-18(2,3)4)11-16-9-10-17(21-16)14-5-7-15(19)8-6-14/h5-11,20H,12H2,1-4H3. The summed E-state index contributed by atoms with van der Waals surface area (Å²) in [6, 6.07) is 12.2. The predicted molar refractivity (Wildman–Crippen MR) is 93.3 cm³/mol. The molecule has 0 aliphatic heterocycles. The number of nitrogens with one attached hydrogen (secondary N) is 1. The molecule has 2 nitrogen and oxygen atoms in total. The van der Waals surface area contributed by atoms with Crippen LogP contribution in [0, 0.1) is 0 Å². The molecule has 0 saturated carbocycles. The largest absolute Gasteiger partial charge is 0.457 e. The van der Waals surface area contributed by atoms with E-state index < -0.39 is 0 Å². The molecule has 1 aromatic carbocycles. The fraction of sp³-hybridized carbons (Fsp3) is 0.333. The van der Waals surface area contributed by atoms with E-state index >= 15 is 0 Å². The van der Waals surface area contributed by atoms with Crippen molar-refractivity contribution < 1.29 is 4.42 Å². The maximum atomic E-state index is 5.89. The zero-order chi connectivity index (χ0) is 15.5. The van der Waals surface area contributed by atoms with Gasteiger partial charge in [0.2, 0.25) is 0 Å². The second kappa shape index (κ2) is 6.63. The lowest BCUT2D eigenvalue weighted by Crippen LogP contribution is -2.36. The number of benzene rings is 1. The molecule has 2 aromatic rings. The molecule has 0 saturated heterocycles. The summed E-state index contributed by atoms with van der Waals surface area (Å²) >= 11 is 3.44. The lowest BCUT2D eigenvalue weighted by molar-refractivity contribution is 0.445. The SMILES string of the molecule is CC(=Cc1ccc(-c2ccc(Br)cc2)o1)CNC(C)(C)C. The van der Waals surface area contributed by atoms with Gasteiger partial charge in [0, 0.05) is 22.1 Å². The minimum Gasteiger partial charge on any atom is -0.457 e. The van der Waals surface area contributed by atoms with Crippen LogP contribution in [0.2, 0.25) is 0 Å². The second-order valence-electron chi connectivity index (χ2n) is 6.30. The molecular weight excluding hydrogens is 326 g/mol. The van der Waals surface area contributed by atoms with Gasteiger partial charge in [-0.2, -0.15) is 0 Å². The zero-order valence-electron chi connectivity index (χ0n) is 13.0. The Kier molecular flexibility index (Phi) is 5.07. The van der Waals surface area contributed by atoms with Gasteiger partial charge in [-0.3, -0.25) is 0 Å². The van der Waals surface area contributed by atoms with Gasteiger partial charge < -0.3 is 9.73 Å². The van der Waals surface area contributed by atoms with Gasteiger partial charge in [-0.05, 0) is 58.0 Å². The fourth-order valence-electron chi connectivity index (χ4n) is 1.90. The van der Waals surface area contributed by atoms with E-state index in [0.29, 0.717) is 0 Å². The predicted octanol–water partition coefficient (Wildman–Crippen LogP) is 5.50. The summed E-state index contributed by atoms with van der Waals surface area (Å²) in [5.41, 5.74) is 2.46. The molecule has 0 spiro atoms. The van der Waals surface area contributed by atoms with E-state index in [2.05, 4.69) is 55.0 Å². The van der Waals surface area contributed by atoms with E-state index in [1.807, 2.05) is 36.4 Å². The number of rotatable bonds is 4. The second-order valence-corrected chi connectivity index (χ2v) is 7.22. The van der Waals surface area contributed by atoms with Crippen LogP contribution in [0.5, 0.6) is 0 Å². The van der Waals surface area contributed by atoms with E-state index in [4.69, 9.17) is 4.42 Å². The monoisotopic (exact) mass is 347 g/mol. The first-order valence-electron chi connectivity index (χ1n) is 7.11. The molecule has 112 valence electrons. The van der Waals surface area contributed by atoms with Crippen molar-refractivity contribution in [2.75, 3.05) is 6.54 Å². The summed E-state index contributed by atoms with van der Waals surface area (Å²) in [7, 11) is 0. The van der Waals surface area contributed by atoms with Crippen molar-refractivity contribution in [2.24, 2.45) is 0 Å². The van der Waals surface area contributed by atoms with Crippen LogP contribution in [0.1, 0.15) is 33.5 Å². The molecule has 3 heteroatoms. The summed E-state index contributed by atoms with van der Waals surface area (Å²) in [6.45, 7) is 9.47. The third-order valence-electron chi connectivity index (χ3n) is 3.04. The zero-order valence-corrected chi connectivity index (χ0v) is 14.6. The van der Waals surface area contributed by atoms with Crippen molar-refractivity contribution in [2.45, 2.75) is 33.2 Å². The Bertz CT molecular complexity index is 617. The highest BCUT2D eigenvalue weighted by Crippen LogP contribution is 2.24. The lowest BCUT2D eigenvalue weighted by Gasteiger charge is -2.20. The number of halogens is 1. The van der Waals surface area contributed by atoms with Gasteiger partial charge in [-0.15, -0.1) is 0 Å². The minimum atomic E-state index is 0.126. The lowest BCUT2D eigenvalue weighted by atomic mass is 10.1. The molecule has 21 heavy (non-hydrogen) atoms. The minimum absolute atomic E-state index is 0.126. The molecule has 0 atom stereocenters. The van der Waals surface area contributed by atoms with Crippen LogP contribution < -0.4 is 5.32 Å². The van der Waals surface area contributed by atoms with Crippen molar-refractivity contribution in [3.05, 3.63) is 52.2 Å². The summed E-state index contributed by atoms with van der Waals surface area (Å²) in [5.74, 6) is 1.78. The van der Waals surface area contributed by atoms with Gasteiger partial charge >= 0.3 is 0 Å². The van der Waals surface area contributed by atoms with Gasteiger partial charge in [0.15, 0.2) is 0 Å². The molecule has 1 N–H and O–H groups in total. The maximum absolute atomic E-state index is 5.89. The quantitative estimate of drug-likeness (QED) is 0.789. The topological polar surface area (TPSA) is 25.2 Å². The van der Waals surface area contributed by atoms with Gasteiger partial charge in [-0.1, -0.05) is 33.6 Å². The van der Waals surface area contributed by atoms with Gasteiger partial charge in [0.1, 0.15) is 11.5 Å². The number of furan rings is 1. The van der Waals surface area contributed by atoms with E-state index in [1.165, 1.54) is 5.57 Å². The van der Waals surface area contributed by atoms with Crippen LogP contribution in [0.25, 0.3) is 17.4 Å². The van der Waals surface area contributed by atoms with Crippen LogP contribution in [0.15, 0.2) is 50.9 Å². The van der Waals surface area contributed by atoms with Gasteiger partial charge in [0.05, 0.1) is 0 Å². The Balaban J connectivity index is 2.07. The Morgan fingerprint density at radius 1 is 1.14 bits per heavy atom. The normalized spacial score (nSPS) is 12.7. The average molecular weight is 348 g/mol. The van der Waals surface area contributed by atoms with Crippen molar-refractivity contribution >= 4 is 22.0 Å². The highest BCUT2D eigenvalue weighted by Gasteiger charge is 2.08. The smallest absolute Gasteiger partial charge is 0.134 e. The van der Waals surface area contributed by atoms with E-state index in [1.54, 1.807) is 0 Å². The third-order valence-corrected chi connectivity index (χ3v) is 3.57. The Morgan fingerprint density at radius 3 is 2.43 bits per heavy atom. The van der Waals surface area contributed by atoms with Crippen LogP contribution >= 0.6 is 15.9 Å².